The van der Waals surface area contributed by atoms with E-state index in [-0.39, 0.29) is 5.54 Å². The van der Waals surface area contributed by atoms with E-state index in [9.17, 15) is 0 Å². The van der Waals surface area contributed by atoms with Crippen LogP contribution in [0.5, 0.6) is 5.75 Å². The largest absolute Gasteiger partial charge is 0.493 e. The van der Waals surface area contributed by atoms with Crippen molar-refractivity contribution in [1.82, 2.24) is 10.2 Å². The van der Waals surface area contributed by atoms with Gasteiger partial charge in [0.15, 0.2) is 0 Å². The highest BCUT2D eigenvalue weighted by Crippen LogP contribution is 2.34. The minimum Gasteiger partial charge on any atom is -0.493 e. The van der Waals surface area contributed by atoms with E-state index in [4.69, 9.17) is 9.47 Å². The molecule has 2 heterocycles. The van der Waals surface area contributed by atoms with Crippen molar-refractivity contribution < 1.29 is 9.47 Å². The zero-order valence-electron chi connectivity index (χ0n) is 14.1. The van der Waals surface area contributed by atoms with Gasteiger partial charge in [0.25, 0.3) is 0 Å². The summed E-state index contributed by atoms with van der Waals surface area (Å²) in [7, 11) is 0. The first-order valence-corrected chi connectivity index (χ1v) is 9.34. The van der Waals surface area contributed by atoms with Gasteiger partial charge in [-0.3, -0.25) is 4.90 Å². The molecule has 1 N–H and O–H groups in total. The molecule has 0 saturated carbocycles. The Morgan fingerprint density at radius 3 is 2.83 bits per heavy atom. The van der Waals surface area contributed by atoms with Gasteiger partial charge in [0, 0.05) is 41.3 Å². The summed E-state index contributed by atoms with van der Waals surface area (Å²) in [4.78, 5) is 2.53. The van der Waals surface area contributed by atoms with Gasteiger partial charge in [-0.25, -0.2) is 0 Å². The average molecular weight is 383 g/mol. The number of hydrogen-bond acceptors (Lipinski definition) is 4. The van der Waals surface area contributed by atoms with Crippen LogP contribution in [0.2, 0.25) is 0 Å². The fraction of sp³-hybridized carbons (Fsp3) is 0.667. The lowest BCUT2D eigenvalue weighted by atomic mass is 9.98. The smallest absolute Gasteiger partial charge is 0.125 e. The number of morpholine rings is 1. The number of rotatable bonds is 4. The molecule has 1 aromatic rings. The molecule has 1 aromatic carbocycles. The van der Waals surface area contributed by atoms with Gasteiger partial charge in [-0.2, -0.15) is 0 Å². The summed E-state index contributed by atoms with van der Waals surface area (Å²) in [6.07, 6.45) is 2.20. The van der Waals surface area contributed by atoms with Crippen molar-refractivity contribution in [3.05, 3.63) is 28.2 Å². The molecule has 0 aliphatic carbocycles. The van der Waals surface area contributed by atoms with E-state index in [1.807, 2.05) is 0 Å². The third-order valence-corrected chi connectivity index (χ3v) is 5.39. The summed E-state index contributed by atoms with van der Waals surface area (Å²) in [5.74, 6) is 1.01. The monoisotopic (exact) mass is 382 g/mol. The lowest BCUT2D eigenvalue weighted by molar-refractivity contribution is -0.0104. The van der Waals surface area contributed by atoms with Crippen LogP contribution < -0.4 is 10.1 Å². The third-order valence-electron chi connectivity index (χ3n) is 4.89. The Labute approximate surface area is 147 Å². The molecule has 1 fully saturated rings. The molecular weight excluding hydrogens is 356 g/mol. The molecule has 23 heavy (non-hydrogen) atoms. The lowest BCUT2D eigenvalue weighted by Crippen LogP contribution is -2.55. The Morgan fingerprint density at radius 2 is 2.04 bits per heavy atom. The summed E-state index contributed by atoms with van der Waals surface area (Å²) in [6.45, 7) is 10.1. The van der Waals surface area contributed by atoms with Gasteiger partial charge >= 0.3 is 0 Å². The van der Waals surface area contributed by atoms with Crippen LogP contribution in [-0.2, 0) is 4.74 Å². The van der Waals surface area contributed by atoms with Crippen molar-refractivity contribution in [2.75, 3.05) is 39.5 Å². The van der Waals surface area contributed by atoms with Crippen LogP contribution in [0.3, 0.4) is 0 Å². The maximum atomic E-state index is 5.91. The summed E-state index contributed by atoms with van der Waals surface area (Å²) >= 11 is 3.54. The molecule has 0 spiro atoms. The Morgan fingerprint density at radius 1 is 1.26 bits per heavy atom. The third kappa shape index (κ3) is 4.27. The average Bonchev–Trinajstić information content (AvgIpc) is 2.75. The molecule has 3 rings (SSSR count). The molecular formula is C18H27BrN2O2. The van der Waals surface area contributed by atoms with E-state index in [1.54, 1.807) is 0 Å². The number of ether oxygens (including phenoxy) is 2. The van der Waals surface area contributed by atoms with Crippen LogP contribution in [0, 0.1) is 0 Å². The van der Waals surface area contributed by atoms with E-state index >= 15 is 0 Å². The van der Waals surface area contributed by atoms with Crippen molar-refractivity contribution in [3.63, 3.8) is 0 Å². The Hall–Kier alpha value is -0.620. The predicted molar refractivity (Wildman–Crippen MR) is 96.1 cm³/mol. The quantitative estimate of drug-likeness (QED) is 0.865. The number of nitrogens with zero attached hydrogens (tertiary/aromatic N) is 1. The van der Waals surface area contributed by atoms with Gasteiger partial charge in [0.05, 0.1) is 19.8 Å². The Bertz CT molecular complexity index is 530. The number of benzene rings is 1. The highest BCUT2D eigenvalue weighted by molar-refractivity contribution is 9.10. The van der Waals surface area contributed by atoms with E-state index < -0.39 is 0 Å². The molecule has 1 atom stereocenters. The van der Waals surface area contributed by atoms with Crippen molar-refractivity contribution in [1.29, 1.82) is 0 Å². The number of fused-ring (bicyclic) bond motifs is 1. The SMILES string of the molecule is CC(C)(CNC1CCCOc2cc(Br)ccc21)N1CCOCC1. The molecule has 1 unspecified atom stereocenters. The van der Waals surface area contributed by atoms with Gasteiger partial charge in [-0.05, 0) is 38.8 Å². The molecule has 1 saturated heterocycles. The second-order valence-corrected chi connectivity index (χ2v) is 7.93. The molecule has 5 heteroatoms. The molecule has 2 aliphatic rings. The highest BCUT2D eigenvalue weighted by atomic mass is 79.9. The van der Waals surface area contributed by atoms with Crippen molar-refractivity contribution in [2.24, 2.45) is 0 Å². The van der Waals surface area contributed by atoms with Gasteiger partial charge in [0.1, 0.15) is 5.75 Å². The van der Waals surface area contributed by atoms with Crippen LogP contribution in [-0.4, -0.2) is 49.9 Å². The second-order valence-electron chi connectivity index (χ2n) is 7.02. The molecule has 128 valence electrons. The fourth-order valence-corrected chi connectivity index (χ4v) is 3.75. The minimum atomic E-state index is 0.131. The van der Waals surface area contributed by atoms with Gasteiger partial charge in [-0.15, -0.1) is 0 Å². The summed E-state index contributed by atoms with van der Waals surface area (Å²) in [6, 6.07) is 6.74. The maximum Gasteiger partial charge on any atom is 0.125 e. The first-order valence-electron chi connectivity index (χ1n) is 8.55. The topological polar surface area (TPSA) is 33.7 Å². The van der Waals surface area contributed by atoms with Gasteiger partial charge in [0.2, 0.25) is 0 Å². The molecule has 0 amide bonds. The first-order chi connectivity index (χ1) is 11.1. The fourth-order valence-electron chi connectivity index (χ4n) is 3.41. The lowest BCUT2D eigenvalue weighted by Gasteiger charge is -2.41. The number of nitrogens with one attached hydrogen (secondary N) is 1. The zero-order chi connectivity index (χ0) is 16.3. The molecule has 0 radical (unpaired) electrons. The van der Waals surface area contributed by atoms with E-state index in [1.165, 1.54) is 5.56 Å². The summed E-state index contributed by atoms with van der Waals surface area (Å²) < 4.78 is 12.5. The summed E-state index contributed by atoms with van der Waals surface area (Å²) in [5.41, 5.74) is 1.41. The summed E-state index contributed by atoms with van der Waals surface area (Å²) in [5, 5.41) is 3.80. The van der Waals surface area contributed by atoms with E-state index in [0.717, 1.165) is 62.5 Å². The normalized spacial score (nSPS) is 23.0. The number of halogens is 1. The van der Waals surface area contributed by atoms with Gasteiger partial charge in [-0.1, -0.05) is 22.0 Å². The Kier molecular flexibility index (Phi) is 5.62. The molecule has 0 bridgehead atoms. The molecule has 0 aromatic heterocycles. The Balaban J connectivity index is 1.67. The highest BCUT2D eigenvalue weighted by Gasteiger charge is 2.29. The van der Waals surface area contributed by atoms with Crippen LogP contribution in [0.1, 0.15) is 38.3 Å². The van der Waals surface area contributed by atoms with Crippen molar-refractivity contribution in [2.45, 2.75) is 38.3 Å². The van der Waals surface area contributed by atoms with Crippen molar-refractivity contribution >= 4 is 15.9 Å². The first kappa shape index (κ1) is 17.2. The van der Waals surface area contributed by atoms with Crippen LogP contribution >= 0.6 is 15.9 Å². The standard InChI is InChI=1S/C18H27BrN2O2/c1-18(2,21-7-10-22-11-8-21)13-20-16-4-3-9-23-17-12-14(19)5-6-15(16)17/h5-6,12,16,20H,3-4,7-11,13H2,1-2H3. The number of hydrogen-bond donors (Lipinski definition) is 1. The van der Waals surface area contributed by atoms with Crippen LogP contribution in [0.4, 0.5) is 0 Å². The van der Waals surface area contributed by atoms with E-state index in [2.05, 4.69) is 58.2 Å². The molecule has 2 aliphatic heterocycles. The maximum absolute atomic E-state index is 5.91. The van der Waals surface area contributed by atoms with E-state index in [0.29, 0.717) is 6.04 Å². The second kappa shape index (κ2) is 7.51. The van der Waals surface area contributed by atoms with Gasteiger partial charge < -0.3 is 14.8 Å². The zero-order valence-corrected chi connectivity index (χ0v) is 15.7. The predicted octanol–water partition coefficient (Wildman–Crippen LogP) is 3.36. The van der Waals surface area contributed by atoms with Crippen LogP contribution in [0.15, 0.2) is 22.7 Å². The van der Waals surface area contributed by atoms with Crippen molar-refractivity contribution in [3.8, 4) is 5.75 Å². The minimum absolute atomic E-state index is 0.131. The van der Waals surface area contributed by atoms with Crippen LogP contribution in [0.25, 0.3) is 0 Å². The molecule has 4 nitrogen and oxygen atoms in total.